The first-order valence-electron chi connectivity index (χ1n) is 9.68. The van der Waals surface area contributed by atoms with Crippen LogP contribution in [-0.4, -0.2) is 59.4 Å². The first-order chi connectivity index (χ1) is 13.0. The van der Waals surface area contributed by atoms with Crippen molar-refractivity contribution in [1.29, 1.82) is 0 Å². The van der Waals surface area contributed by atoms with E-state index in [-0.39, 0.29) is 11.9 Å². The number of nitrogens with zero attached hydrogens (tertiary/aromatic N) is 2. The number of amides is 1. The van der Waals surface area contributed by atoms with Crippen molar-refractivity contribution in [3.63, 3.8) is 0 Å². The van der Waals surface area contributed by atoms with Crippen LogP contribution >= 0.6 is 0 Å². The molecule has 1 N–H and O–H groups in total. The Morgan fingerprint density at radius 1 is 1.26 bits per heavy atom. The fourth-order valence-electron chi connectivity index (χ4n) is 3.73. The van der Waals surface area contributed by atoms with Gasteiger partial charge in [-0.2, -0.15) is 0 Å². The second-order valence-electron chi connectivity index (χ2n) is 7.15. The maximum absolute atomic E-state index is 14.5. The smallest absolute Gasteiger partial charge is 0.409 e. The summed E-state index contributed by atoms with van der Waals surface area (Å²) in [5, 5.41) is 10.6. The van der Waals surface area contributed by atoms with E-state index in [9.17, 15) is 14.3 Å². The maximum Gasteiger partial charge on any atom is 0.409 e. The summed E-state index contributed by atoms with van der Waals surface area (Å²) in [5.74, 6) is 5.87. The van der Waals surface area contributed by atoms with Crippen LogP contribution in [0.5, 0.6) is 0 Å². The molecule has 1 saturated carbocycles. The molecule has 0 radical (unpaired) electrons. The summed E-state index contributed by atoms with van der Waals surface area (Å²) < 4.78 is 19.5. The van der Waals surface area contributed by atoms with Crippen LogP contribution in [0, 0.1) is 17.7 Å². The monoisotopic (exact) mass is 374 g/mol. The molecule has 0 unspecified atom stereocenters. The molecule has 2 aliphatic rings. The van der Waals surface area contributed by atoms with Crippen molar-refractivity contribution in [2.24, 2.45) is 0 Å². The lowest BCUT2D eigenvalue weighted by atomic mass is 9.99. The molecule has 1 amide bonds. The van der Waals surface area contributed by atoms with E-state index in [0.29, 0.717) is 51.2 Å². The zero-order chi connectivity index (χ0) is 19.3. The Bertz CT molecular complexity index is 714. The third-order valence-electron chi connectivity index (χ3n) is 5.28. The normalized spacial score (nSPS) is 20.6. The van der Waals surface area contributed by atoms with E-state index < -0.39 is 11.6 Å². The third-order valence-corrected chi connectivity index (χ3v) is 5.28. The molecular weight excluding hydrogens is 347 g/mol. The van der Waals surface area contributed by atoms with Gasteiger partial charge in [0.15, 0.2) is 0 Å². The molecule has 0 aromatic heterocycles. The molecule has 0 bridgehead atoms. The summed E-state index contributed by atoms with van der Waals surface area (Å²) in [6, 6.07) is 6.19. The molecule has 1 aromatic rings. The van der Waals surface area contributed by atoms with Crippen LogP contribution in [0.1, 0.15) is 44.2 Å². The Morgan fingerprint density at radius 2 is 1.93 bits per heavy atom. The molecule has 2 fully saturated rings. The Morgan fingerprint density at radius 3 is 2.56 bits per heavy atom. The third kappa shape index (κ3) is 4.79. The highest BCUT2D eigenvalue weighted by Crippen LogP contribution is 2.30. The summed E-state index contributed by atoms with van der Waals surface area (Å²) in [4.78, 5) is 15.6. The molecule has 5 nitrogen and oxygen atoms in total. The number of halogens is 1. The molecule has 27 heavy (non-hydrogen) atoms. The lowest BCUT2D eigenvalue weighted by Crippen LogP contribution is -2.49. The quantitative estimate of drug-likeness (QED) is 0.827. The summed E-state index contributed by atoms with van der Waals surface area (Å²) in [6.07, 6.45) is 2.95. The predicted octanol–water partition coefficient (Wildman–Crippen LogP) is 2.95. The topological polar surface area (TPSA) is 53.0 Å². The number of carbonyl (C=O) groups is 1. The van der Waals surface area contributed by atoms with Crippen molar-refractivity contribution in [2.45, 2.75) is 44.2 Å². The number of ether oxygens (including phenoxy) is 1. The second kappa shape index (κ2) is 8.73. The largest absolute Gasteiger partial charge is 0.450 e. The van der Waals surface area contributed by atoms with Crippen molar-refractivity contribution >= 4 is 6.09 Å². The van der Waals surface area contributed by atoms with E-state index in [1.807, 2.05) is 0 Å². The molecule has 1 aliphatic heterocycles. The molecule has 1 aliphatic carbocycles. The van der Waals surface area contributed by atoms with Crippen LogP contribution in [-0.2, 0) is 4.74 Å². The summed E-state index contributed by atoms with van der Waals surface area (Å²) >= 11 is 0. The highest BCUT2D eigenvalue weighted by molar-refractivity contribution is 5.67. The van der Waals surface area contributed by atoms with Gasteiger partial charge in [-0.25, -0.2) is 9.18 Å². The SMILES string of the molecule is CCOC(=O)N1CCN([C@H](C#CC2(O)CCCC2)c2ccccc2F)CC1. The number of hydrogen-bond acceptors (Lipinski definition) is 4. The number of benzene rings is 1. The Labute approximate surface area is 160 Å². The fraction of sp³-hybridized carbons (Fsp3) is 0.571. The highest BCUT2D eigenvalue weighted by atomic mass is 19.1. The van der Waals surface area contributed by atoms with Crippen molar-refractivity contribution in [1.82, 2.24) is 9.80 Å². The Kier molecular flexibility index (Phi) is 6.35. The number of piperazine rings is 1. The minimum absolute atomic E-state index is 0.303. The van der Waals surface area contributed by atoms with Gasteiger partial charge >= 0.3 is 6.09 Å². The van der Waals surface area contributed by atoms with Crippen LogP contribution in [0.25, 0.3) is 0 Å². The lowest BCUT2D eigenvalue weighted by molar-refractivity contribution is 0.0728. The van der Waals surface area contributed by atoms with E-state index in [2.05, 4.69) is 16.7 Å². The highest BCUT2D eigenvalue weighted by Gasteiger charge is 2.31. The molecule has 0 spiro atoms. The first-order valence-corrected chi connectivity index (χ1v) is 9.68. The zero-order valence-electron chi connectivity index (χ0n) is 15.8. The zero-order valence-corrected chi connectivity index (χ0v) is 15.8. The number of hydrogen-bond donors (Lipinski definition) is 1. The van der Waals surface area contributed by atoms with Crippen molar-refractivity contribution in [3.05, 3.63) is 35.6 Å². The summed E-state index contributed by atoms with van der Waals surface area (Å²) in [5.41, 5.74) is -0.452. The van der Waals surface area contributed by atoms with E-state index in [4.69, 9.17) is 4.74 Å². The molecule has 1 heterocycles. The van der Waals surface area contributed by atoms with Crippen LogP contribution in [0.2, 0.25) is 0 Å². The predicted molar refractivity (Wildman–Crippen MR) is 101 cm³/mol. The van der Waals surface area contributed by atoms with E-state index in [1.54, 1.807) is 30.0 Å². The minimum atomic E-state index is -0.962. The lowest BCUT2D eigenvalue weighted by Gasteiger charge is -2.37. The van der Waals surface area contributed by atoms with Crippen LogP contribution in [0.3, 0.4) is 0 Å². The molecule has 1 atom stereocenters. The van der Waals surface area contributed by atoms with E-state index in [1.165, 1.54) is 6.07 Å². The van der Waals surface area contributed by atoms with Gasteiger partial charge in [-0.15, -0.1) is 0 Å². The van der Waals surface area contributed by atoms with Gasteiger partial charge in [0.1, 0.15) is 17.5 Å². The van der Waals surface area contributed by atoms with Gasteiger partial charge in [-0.05, 0) is 38.7 Å². The number of rotatable bonds is 3. The van der Waals surface area contributed by atoms with Gasteiger partial charge in [0.25, 0.3) is 0 Å². The molecule has 1 aromatic carbocycles. The van der Waals surface area contributed by atoms with Crippen molar-refractivity contribution in [3.8, 4) is 11.8 Å². The number of carbonyl (C=O) groups excluding carboxylic acids is 1. The Balaban J connectivity index is 1.78. The molecule has 6 heteroatoms. The van der Waals surface area contributed by atoms with Gasteiger partial charge in [0, 0.05) is 31.7 Å². The molecule has 1 saturated heterocycles. The summed E-state index contributed by atoms with van der Waals surface area (Å²) in [7, 11) is 0. The molecule has 3 rings (SSSR count). The van der Waals surface area contributed by atoms with Gasteiger partial charge < -0.3 is 14.7 Å². The average Bonchev–Trinajstić information content (AvgIpc) is 3.11. The van der Waals surface area contributed by atoms with Crippen LogP contribution in [0.4, 0.5) is 9.18 Å². The van der Waals surface area contributed by atoms with Gasteiger partial charge in [0.2, 0.25) is 0 Å². The second-order valence-corrected chi connectivity index (χ2v) is 7.15. The maximum atomic E-state index is 14.5. The molecular formula is C21H27FN2O3. The van der Waals surface area contributed by atoms with E-state index in [0.717, 1.165) is 12.8 Å². The average molecular weight is 374 g/mol. The van der Waals surface area contributed by atoms with Crippen LogP contribution in [0.15, 0.2) is 24.3 Å². The van der Waals surface area contributed by atoms with Crippen molar-refractivity contribution in [2.75, 3.05) is 32.8 Å². The minimum Gasteiger partial charge on any atom is -0.450 e. The first kappa shape index (κ1) is 19.7. The van der Waals surface area contributed by atoms with Gasteiger partial charge in [-0.1, -0.05) is 30.0 Å². The summed E-state index contributed by atoms with van der Waals surface area (Å²) in [6.45, 7) is 4.30. The Hall–Kier alpha value is -2.10. The fourth-order valence-corrected chi connectivity index (χ4v) is 3.73. The standard InChI is InChI=1S/C21H27FN2O3/c1-2-27-20(25)24-15-13-23(14-16-24)19(17-7-3-4-8-18(17)22)9-12-21(26)10-5-6-11-21/h3-4,7-8,19,26H,2,5-6,10-11,13-16H2,1H3/t19-/m1/s1. The molecule has 146 valence electrons. The van der Waals surface area contributed by atoms with Crippen LogP contribution < -0.4 is 0 Å². The van der Waals surface area contributed by atoms with Gasteiger partial charge in [-0.3, -0.25) is 4.90 Å². The van der Waals surface area contributed by atoms with E-state index >= 15 is 0 Å². The van der Waals surface area contributed by atoms with Gasteiger partial charge in [0.05, 0.1) is 6.61 Å². The van der Waals surface area contributed by atoms with Crippen molar-refractivity contribution < 1.29 is 19.0 Å². The number of aliphatic hydroxyl groups is 1.